The van der Waals surface area contributed by atoms with E-state index in [-0.39, 0.29) is 50.7 Å². The summed E-state index contributed by atoms with van der Waals surface area (Å²) in [5.74, 6) is -3.62. The number of aryl methyl sites for hydroxylation is 1. The average Bonchev–Trinajstić information content (AvgIpc) is 3.64. The van der Waals surface area contributed by atoms with Crippen molar-refractivity contribution in [1.82, 2.24) is 29.9 Å². The fraction of sp³-hybridized carbons (Fsp3) is 0.368. The molecular weight excluding hydrogens is 819 g/mol. The number of fused-ring (bicyclic) bond motifs is 4. The number of hydrogen-bond acceptors (Lipinski definition) is 7. The number of hydrogen-bond donors (Lipinski definition) is 3. The van der Waals surface area contributed by atoms with Gasteiger partial charge in [-0.1, -0.05) is 23.6 Å². The molecule has 0 bridgehead atoms. The fourth-order valence-corrected chi connectivity index (χ4v) is 8.58. The largest absolute Gasteiger partial charge is 0.435 e. The number of carbonyl (C=O) groups is 1. The van der Waals surface area contributed by atoms with E-state index < -0.39 is 93.1 Å². The van der Waals surface area contributed by atoms with Gasteiger partial charge in [0.1, 0.15) is 35.2 Å². The van der Waals surface area contributed by atoms with Crippen LogP contribution in [0.25, 0.3) is 22.0 Å². The van der Waals surface area contributed by atoms with E-state index in [1.165, 1.54) is 23.9 Å². The maximum Gasteiger partial charge on any atom is 0.435 e. The van der Waals surface area contributed by atoms with E-state index in [1.807, 2.05) is 0 Å². The molecule has 3 atom stereocenters. The third-order valence-corrected chi connectivity index (χ3v) is 11.4. The highest BCUT2D eigenvalue weighted by molar-refractivity contribution is 7.92. The van der Waals surface area contributed by atoms with E-state index in [9.17, 15) is 40.3 Å². The fourth-order valence-electron chi connectivity index (χ4n) is 7.85. The Kier molecular flexibility index (Phi) is 9.36. The Labute approximate surface area is 330 Å². The quantitative estimate of drug-likeness (QED) is 0.110. The van der Waals surface area contributed by atoms with Gasteiger partial charge in [0.05, 0.1) is 33.9 Å². The van der Waals surface area contributed by atoms with Crippen molar-refractivity contribution in [1.29, 1.82) is 0 Å². The summed E-state index contributed by atoms with van der Waals surface area (Å²) in [6, 6.07) is 7.28. The number of rotatable bonds is 9. The molecule has 20 heteroatoms. The number of alkyl halides is 5. The number of halogens is 8. The molecule has 11 nitrogen and oxygen atoms in total. The van der Waals surface area contributed by atoms with Crippen molar-refractivity contribution in [2.45, 2.75) is 68.3 Å². The molecule has 3 aliphatic rings. The molecule has 8 rings (SSSR count). The zero-order valence-electron chi connectivity index (χ0n) is 30.4. The summed E-state index contributed by atoms with van der Waals surface area (Å²) in [6.07, 6.45) is -3.14. The van der Waals surface area contributed by atoms with Gasteiger partial charge in [-0.25, -0.2) is 22.2 Å². The van der Waals surface area contributed by atoms with Gasteiger partial charge in [-0.05, 0) is 79.8 Å². The molecule has 2 fully saturated rings. The lowest BCUT2D eigenvalue weighted by molar-refractivity contribution is -0.142. The van der Waals surface area contributed by atoms with Crippen LogP contribution in [0, 0.1) is 29.4 Å². The minimum absolute atomic E-state index is 0.00296. The van der Waals surface area contributed by atoms with E-state index in [2.05, 4.69) is 32.1 Å². The monoisotopic (exact) mass is 849 g/mol. The summed E-state index contributed by atoms with van der Waals surface area (Å²) in [6.45, 7) is -1.09. The Morgan fingerprint density at radius 2 is 1.78 bits per heavy atom. The van der Waals surface area contributed by atoms with Crippen LogP contribution in [0.3, 0.4) is 0 Å². The van der Waals surface area contributed by atoms with Gasteiger partial charge in [-0.2, -0.15) is 32.1 Å². The predicted octanol–water partition coefficient (Wildman–Crippen LogP) is 6.73. The van der Waals surface area contributed by atoms with E-state index >= 15 is 8.78 Å². The maximum atomic E-state index is 15.4. The van der Waals surface area contributed by atoms with Crippen LogP contribution in [0.1, 0.15) is 71.5 Å². The number of aromatic nitrogens is 5. The first-order valence-electron chi connectivity index (χ1n) is 17.8. The van der Waals surface area contributed by atoms with Gasteiger partial charge < -0.3 is 10.4 Å². The van der Waals surface area contributed by atoms with Crippen LogP contribution < -0.4 is 10.0 Å². The second kappa shape index (κ2) is 13.7. The van der Waals surface area contributed by atoms with Gasteiger partial charge in [-0.3, -0.25) is 18.9 Å². The van der Waals surface area contributed by atoms with Crippen LogP contribution in [0.5, 0.6) is 0 Å². The van der Waals surface area contributed by atoms with Crippen molar-refractivity contribution in [3.63, 3.8) is 0 Å². The van der Waals surface area contributed by atoms with Gasteiger partial charge >= 0.3 is 6.18 Å². The number of nitrogens with zero attached hydrogens (tertiary/aromatic N) is 5. The van der Waals surface area contributed by atoms with Crippen LogP contribution in [-0.4, -0.2) is 55.8 Å². The van der Waals surface area contributed by atoms with E-state index in [0.717, 1.165) is 24.8 Å². The molecule has 1 amide bonds. The normalized spacial score (nSPS) is 19.4. The molecular formula is C38H31ClF7N7O4S. The van der Waals surface area contributed by atoms with Gasteiger partial charge in [-0.15, -0.1) is 0 Å². The Morgan fingerprint density at radius 1 is 1.09 bits per heavy atom. The molecule has 58 heavy (non-hydrogen) atoms. The number of amides is 1. The molecule has 0 spiro atoms. The van der Waals surface area contributed by atoms with Gasteiger partial charge in [0, 0.05) is 35.7 Å². The number of benzene rings is 2. The summed E-state index contributed by atoms with van der Waals surface area (Å²) in [4.78, 5) is 18.7. The predicted molar refractivity (Wildman–Crippen MR) is 196 cm³/mol. The van der Waals surface area contributed by atoms with E-state index in [1.54, 1.807) is 12.1 Å². The number of aliphatic hydroxyl groups is 1. The summed E-state index contributed by atoms with van der Waals surface area (Å²) >= 11 is 6.57. The number of carbonyl (C=O) groups excluding carboxylic acids is 1. The van der Waals surface area contributed by atoms with Gasteiger partial charge in [0.15, 0.2) is 11.5 Å². The molecule has 1 unspecified atom stereocenters. The Hall–Kier alpha value is -5.19. The Morgan fingerprint density at radius 3 is 2.41 bits per heavy atom. The minimum Gasteiger partial charge on any atom is -0.378 e. The molecule has 3 aromatic heterocycles. The molecule has 3 aliphatic carbocycles. The molecule has 0 radical (unpaired) electrons. The van der Waals surface area contributed by atoms with Crippen molar-refractivity contribution < 1.29 is 49.1 Å². The smallest absolute Gasteiger partial charge is 0.378 e. The molecule has 2 aromatic carbocycles. The number of nitrogens with one attached hydrogen (secondary N) is 2. The summed E-state index contributed by atoms with van der Waals surface area (Å²) in [7, 11) is -2.34. The lowest BCUT2D eigenvalue weighted by Gasteiger charge is -2.30. The van der Waals surface area contributed by atoms with Crippen molar-refractivity contribution in [2.24, 2.45) is 13.0 Å². The van der Waals surface area contributed by atoms with Gasteiger partial charge in [0.25, 0.3) is 5.92 Å². The summed E-state index contributed by atoms with van der Waals surface area (Å²) in [5.41, 5.74) is -3.51. The number of sulfonamides is 1. The van der Waals surface area contributed by atoms with Crippen molar-refractivity contribution in [2.75, 3.05) is 11.0 Å². The lowest BCUT2D eigenvalue weighted by atomic mass is 9.81. The molecule has 2 saturated carbocycles. The Bertz CT molecular complexity index is 2700. The Balaban J connectivity index is 1.27. The second-order valence-corrected chi connectivity index (χ2v) is 17.0. The highest BCUT2D eigenvalue weighted by Gasteiger charge is 2.68. The third-order valence-electron chi connectivity index (χ3n) is 10.6. The SMILES string of the molecule is Cn1nc(NS(C)(=O)=O)c2c(Cl)ccc(-c3ccc(C#CC4(O)CCC4)nc3[C@H](Cc3cc(F)cc(F)c3)NC(=O)Cn3nc(C(F)(F)F)c4c3C(F)(F)C3C[C@H]43)c21. The highest BCUT2D eigenvalue weighted by Crippen LogP contribution is 2.68. The topological polar surface area (TPSA) is 144 Å². The molecule has 3 N–H and O–H groups in total. The second-order valence-electron chi connectivity index (χ2n) is 14.9. The van der Waals surface area contributed by atoms with Crippen LogP contribution in [0.15, 0.2) is 42.5 Å². The molecule has 0 aliphatic heterocycles. The number of pyridine rings is 1. The van der Waals surface area contributed by atoms with Crippen molar-refractivity contribution in [3.05, 3.63) is 93.0 Å². The minimum atomic E-state index is -5.08. The first-order valence-corrected chi connectivity index (χ1v) is 20.1. The summed E-state index contributed by atoms with van der Waals surface area (Å²) < 4.78 is 131. The molecule has 0 saturated heterocycles. The van der Waals surface area contributed by atoms with Crippen molar-refractivity contribution in [3.8, 4) is 23.0 Å². The van der Waals surface area contributed by atoms with Crippen LogP contribution in [0.4, 0.5) is 36.6 Å². The van der Waals surface area contributed by atoms with Gasteiger partial charge in [0.2, 0.25) is 15.9 Å². The van der Waals surface area contributed by atoms with Crippen LogP contribution in [-0.2, 0) is 46.9 Å². The van der Waals surface area contributed by atoms with E-state index in [0.29, 0.717) is 29.2 Å². The first-order chi connectivity index (χ1) is 27.1. The average molecular weight is 850 g/mol. The van der Waals surface area contributed by atoms with Crippen LogP contribution in [0.2, 0.25) is 5.02 Å². The standard InChI is InChI=1S/C38H31ClF7N7O4S/c1-52-32-23(6-7-26(39)30(32)35(50-52)51-58(2,56)57)22-5-4-21(8-11-36(55)9-3-10-36)47-31(22)27(14-18-12-19(40)15-20(41)13-18)48-28(54)17-53-34-29(33(49-53)38(44,45)46)24-16-25(24)37(34,42)43/h4-7,12-13,15,24-25,27,55H,3,9-10,14,16-17H2,1-2H3,(H,48,54)(H,50,51)/t24-,25?,27-/m0/s1. The first kappa shape index (κ1) is 39.6. The molecule has 5 aromatic rings. The highest BCUT2D eigenvalue weighted by atomic mass is 35.5. The lowest BCUT2D eigenvalue weighted by Crippen LogP contribution is -2.35. The number of anilines is 1. The van der Waals surface area contributed by atoms with Crippen LogP contribution >= 0.6 is 11.6 Å². The van der Waals surface area contributed by atoms with Crippen molar-refractivity contribution >= 4 is 44.3 Å². The van der Waals surface area contributed by atoms with E-state index in [4.69, 9.17) is 16.6 Å². The molecule has 304 valence electrons. The molecule has 3 heterocycles. The summed E-state index contributed by atoms with van der Waals surface area (Å²) in [5, 5.41) is 21.3. The zero-order valence-corrected chi connectivity index (χ0v) is 31.9. The third kappa shape index (κ3) is 7.26. The maximum absolute atomic E-state index is 15.4. The zero-order chi connectivity index (χ0) is 41.7.